The van der Waals surface area contributed by atoms with E-state index in [1.807, 2.05) is 0 Å². The fourth-order valence-corrected chi connectivity index (χ4v) is 2.25. The lowest BCUT2D eigenvalue weighted by Crippen LogP contribution is -2.25. The van der Waals surface area contributed by atoms with E-state index in [-0.39, 0.29) is 22.6 Å². The number of nitriles is 1. The average molecular weight is 339 g/mol. The maximum Gasteiger partial charge on any atom is 0.586 e. The lowest BCUT2D eigenvalue weighted by Gasteiger charge is -2.10. The standard InChI is InChI=1S/C14H8F3N3O4/c1-22-13(21)12-11(19)6(4-18)5-20(12)8-3-10-9(2-7(8)15)23-14(16,17)24-10/h2-3,5H,19H2,1H3. The molecule has 2 N–H and O–H groups in total. The Morgan fingerprint density at radius 2 is 2.00 bits per heavy atom. The van der Waals surface area contributed by atoms with E-state index in [4.69, 9.17) is 11.0 Å². The van der Waals surface area contributed by atoms with Crippen molar-refractivity contribution in [2.75, 3.05) is 12.8 Å². The zero-order chi connectivity index (χ0) is 17.6. The predicted octanol–water partition coefficient (Wildman–Crippen LogP) is 2.18. The SMILES string of the molecule is COC(=O)c1c(N)c(C#N)cn1-c1cc2c(cc1F)OC(F)(F)O2. The van der Waals surface area contributed by atoms with E-state index in [2.05, 4.69) is 14.2 Å². The van der Waals surface area contributed by atoms with Crippen LogP contribution in [0.25, 0.3) is 5.69 Å². The molecule has 0 radical (unpaired) electrons. The lowest BCUT2D eigenvalue weighted by molar-refractivity contribution is -0.286. The summed E-state index contributed by atoms with van der Waals surface area (Å²) in [7, 11) is 1.07. The van der Waals surface area contributed by atoms with Crippen LogP contribution in [-0.4, -0.2) is 23.9 Å². The normalized spacial score (nSPS) is 14.3. The molecular formula is C14H8F3N3O4. The molecule has 1 aliphatic heterocycles. The zero-order valence-electron chi connectivity index (χ0n) is 12.0. The van der Waals surface area contributed by atoms with Gasteiger partial charge in [0.25, 0.3) is 0 Å². The molecule has 0 fully saturated rings. The molecule has 2 heterocycles. The van der Waals surface area contributed by atoms with Gasteiger partial charge < -0.3 is 24.5 Å². The summed E-state index contributed by atoms with van der Waals surface area (Å²) in [5, 5.41) is 9.02. The minimum absolute atomic E-state index is 0.113. The van der Waals surface area contributed by atoms with E-state index in [0.29, 0.717) is 6.07 Å². The van der Waals surface area contributed by atoms with E-state index in [1.165, 1.54) is 0 Å². The number of alkyl halides is 2. The monoisotopic (exact) mass is 339 g/mol. The van der Waals surface area contributed by atoms with Crippen LogP contribution in [0.4, 0.5) is 18.9 Å². The summed E-state index contributed by atoms with van der Waals surface area (Å²) in [6.45, 7) is 0. The quantitative estimate of drug-likeness (QED) is 0.842. The van der Waals surface area contributed by atoms with Gasteiger partial charge in [-0.15, -0.1) is 8.78 Å². The van der Waals surface area contributed by atoms with Crippen molar-refractivity contribution in [2.45, 2.75) is 6.29 Å². The number of hydrogen-bond donors (Lipinski definition) is 1. The Bertz CT molecular complexity index is 902. The van der Waals surface area contributed by atoms with Crippen LogP contribution in [0.15, 0.2) is 18.3 Å². The maximum absolute atomic E-state index is 14.3. The number of nitrogens with zero attached hydrogens (tertiary/aromatic N) is 2. The van der Waals surface area contributed by atoms with Gasteiger partial charge in [0.2, 0.25) is 0 Å². The van der Waals surface area contributed by atoms with Crippen LogP contribution >= 0.6 is 0 Å². The van der Waals surface area contributed by atoms with E-state index in [9.17, 15) is 18.0 Å². The first kappa shape index (κ1) is 15.5. The molecule has 0 bridgehead atoms. The molecule has 1 aromatic heterocycles. The van der Waals surface area contributed by atoms with E-state index >= 15 is 0 Å². The molecule has 0 spiro atoms. The van der Waals surface area contributed by atoms with Gasteiger partial charge in [-0.3, -0.25) is 0 Å². The number of nitrogen functional groups attached to an aromatic ring is 1. The zero-order valence-corrected chi connectivity index (χ0v) is 12.0. The van der Waals surface area contributed by atoms with Crippen molar-refractivity contribution in [1.29, 1.82) is 5.26 Å². The van der Waals surface area contributed by atoms with Crippen molar-refractivity contribution < 1.29 is 32.2 Å². The van der Waals surface area contributed by atoms with Crippen LogP contribution in [0.3, 0.4) is 0 Å². The fourth-order valence-electron chi connectivity index (χ4n) is 2.25. The second kappa shape index (κ2) is 5.09. The summed E-state index contributed by atoms with van der Waals surface area (Å²) >= 11 is 0. The summed E-state index contributed by atoms with van der Waals surface area (Å²) in [6.07, 6.45) is -2.84. The Morgan fingerprint density at radius 1 is 1.38 bits per heavy atom. The van der Waals surface area contributed by atoms with Crippen LogP contribution in [0.1, 0.15) is 16.1 Å². The second-order valence-electron chi connectivity index (χ2n) is 4.70. The van der Waals surface area contributed by atoms with Crippen LogP contribution in [0.2, 0.25) is 0 Å². The molecule has 1 aromatic carbocycles. The largest absolute Gasteiger partial charge is 0.586 e. The molecule has 7 nitrogen and oxygen atoms in total. The Kier molecular flexibility index (Phi) is 3.30. The number of benzene rings is 1. The van der Waals surface area contributed by atoms with Crippen LogP contribution in [0.5, 0.6) is 11.5 Å². The summed E-state index contributed by atoms with van der Waals surface area (Å²) in [6, 6.07) is 3.31. The number of methoxy groups -OCH3 is 1. The molecule has 24 heavy (non-hydrogen) atoms. The molecule has 10 heteroatoms. The van der Waals surface area contributed by atoms with E-state index < -0.39 is 29.6 Å². The number of hydrogen-bond acceptors (Lipinski definition) is 6. The van der Waals surface area contributed by atoms with E-state index in [1.54, 1.807) is 6.07 Å². The number of carbonyl (C=O) groups excluding carboxylic acids is 1. The van der Waals surface area contributed by atoms with Crippen molar-refractivity contribution in [1.82, 2.24) is 4.57 Å². The Morgan fingerprint density at radius 3 is 2.58 bits per heavy atom. The van der Waals surface area contributed by atoms with Crippen molar-refractivity contribution >= 4 is 11.7 Å². The molecule has 2 aromatic rings. The molecular weight excluding hydrogens is 331 g/mol. The van der Waals surface area contributed by atoms with Crippen LogP contribution in [-0.2, 0) is 4.74 Å². The van der Waals surface area contributed by atoms with Gasteiger partial charge in [-0.25, -0.2) is 9.18 Å². The first-order chi connectivity index (χ1) is 11.3. The second-order valence-corrected chi connectivity index (χ2v) is 4.70. The first-order valence-corrected chi connectivity index (χ1v) is 6.36. The third-order valence-corrected chi connectivity index (χ3v) is 3.27. The highest BCUT2D eigenvalue weighted by Crippen LogP contribution is 2.43. The lowest BCUT2D eigenvalue weighted by atomic mass is 10.2. The number of aromatic nitrogens is 1. The minimum Gasteiger partial charge on any atom is -0.464 e. The Balaban J connectivity index is 2.21. The number of nitrogens with two attached hydrogens (primary N) is 1. The highest BCUT2D eigenvalue weighted by Gasteiger charge is 2.44. The fraction of sp³-hybridized carbons (Fsp3) is 0.143. The highest BCUT2D eigenvalue weighted by molar-refractivity contribution is 5.96. The number of rotatable bonds is 2. The summed E-state index contributed by atoms with van der Waals surface area (Å²) in [5.41, 5.74) is 4.68. The first-order valence-electron chi connectivity index (χ1n) is 6.36. The molecule has 0 atom stereocenters. The van der Waals surface area contributed by atoms with Gasteiger partial charge >= 0.3 is 12.3 Å². The molecule has 124 valence electrons. The van der Waals surface area contributed by atoms with Gasteiger partial charge in [-0.05, 0) is 0 Å². The third-order valence-electron chi connectivity index (χ3n) is 3.27. The summed E-state index contributed by atoms with van der Waals surface area (Å²) in [5.74, 6) is -2.87. The van der Waals surface area contributed by atoms with Crippen molar-refractivity contribution in [2.24, 2.45) is 0 Å². The number of carbonyl (C=O) groups is 1. The number of esters is 1. The molecule has 0 aliphatic carbocycles. The Labute approximate surface area is 132 Å². The van der Waals surface area contributed by atoms with Crippen molar-refractivity contribution in [3.8, 4) is 23.3 Å². The topological polar surface area (TPSA) is 99.5 Å². The predicted molar refractivity (Wildman–Crippen MR) is 72.4 cm³/mol. The van der Waals surface area contributed by atoms with Gasteiger partial charge in [-0.2, -0.15) is 5.26 Å². The smallest absolute Gasteiger partial charge is 0.464 e. The molecule has 0 saturated heterocycles. The number of halogens is 3. The molecule has 0 amide bonds. The van der Waals surface area contributed by atoms with Gasteiger partial charge in [0.05, 0.1) is 24.0 Å². The average Bonchev–Trinajstić information content (AvgIpc) is 3.00. The van der Waals surface area contributed by atoms with Crippen LogP contribution < -0.4 is 15.2 Å². The molecule has 0 saturated carbocycles. The number of fused-ring (bicyclic) bond motifs is 1. The Hall–Kier alpha value is -3.35. The molecule has 1 aliphatic rings. The third kappa shape index (κ3) is 2.26. The van der Waals surface area contributed by atoms with Gasteiger partial charge in [0, 0.05) is 18.3 Å². The summed E-state index contributed by atoms with van der Waals surface area (Å²) < 4.78 is 54.3. The van der Waals surface area contributed by atoms with Crippen molar-refractivity contribution in [3.05, 3.63) is 35.4 Å². The molecule has 0 unspecified atom stereocenters. The minimum atomic E-state index is -3.92. The number of anilines is 1. The highest BCUT2D eigenvalue weighted by atomic mass is 19.3. The van der Waals surface area contributed by atoms with Crippen molar-refractivity contribution in [3.63, 3.8) is 0 Å². The van der Waals surface area contributed by atoms with Gasteiger partial charge in [0.15, 0.2) is 23.0 Å². The number of ether oxygens (including phenoxy) is 3. The van der Waals surface area contributed by atoms with Gasteiger partial charge in [-0.1, -0.05) is 0 Å². The summed E-state index contributed by atoms with van der Waals surface area (Å²) in [4.78, 5) is 11.9. The van der Waals surface area contributed by atoms with Crippen LogP contribution in [0, 0.1) is 17.1 Å². The van der Waals surface area contributed by atoms with Gasteiger partial charge in [0.1, 0.15) is 6.07 Å². The van der Waals surface area contributed by atoms with E-state index in [0.717, 1.165) is 23.9 Å². The molecule has 3 rings (SSSR count). The maximum atomic E-state index is 14.3.